The average molecular weight is 2200 g/mol. The standard InChI is InChI=1S/C64H70S10.C20H29BO2S2.C8H2Br4S2.C8H6S2.CH4/c1-5-9-13-17-21-43-25-29-51(65-43)55-35-33-49(69-55)47-41-61(59-39-37-57(71-59)53-31-27-45(67-53)23-19-15-11-7-3)73-63(47)64-48(50-34-36-56(70-50)52-30-26-44(66-52)22-18-14-10-6-2)42-62(74-64)60-40-38-58(72-60)54-32-28-46(68-54)24-20-16-12-8-4;1-6-7-8-9-10-15-11-12-16(24-15)17-13-14-18(25-17)21-22-19(2,3)20(4,5)23-21;9-3-1-5(11)13-7(3)8-4(10)2-6(12)14-8;1-3-7(9-5-1)8-4-2-6-10-8;/h25-42H,5-24H2,1-4H3;11-14H,6-10H2,1-5H3;1-2H;1-6H;1H4. The zero-order valence-corrected chi connectivity index (χ0v) is 90.8. The van der Waals surface area contributed by atoms with Crippen LogP contribution in [-0.2, 0) is 41.4 Å². The lowest BCUT2D eigenvalue weighted by molar-refractivity contribution is 0.00578. The van der Waals surface area contributed by atoms with Crippen molar-refractivity contribution in [3.05, 3.63) is 222 Å². The van der Waals surface area contributed by atoms with E-state index in [0.29, 0.717) is 0 Å². The van der Waals surface area contributed by atoms with Crippen LogP contribution in [0.4, 0.5) is 0 Å². The molecule has 124 heavy (non-hydrogen) atoms. The van der Waals surface area contributed by atoms with E-state index in [-0.39, 0.29) is 25.7 Å². The molecule has 1 saturated heterocycles. The Morgan fingerprint density at radius 3 is 0.806 bits per heavy atom. The molecule has 0 aliphatic carbocycles. The first kappa shape index (κ1) is 98.6. The van der Waals surface area contributed by atoms with E-state index in [1.54, 1.807) is 56.7 Å². The molecule has 16 aromatic heterocycles. The second-order valence-electron chi connectivity index (χ2n) is 31.9. The number of rotatable bonds is 38. The highest BCUT2D eigenvalue weighted by Crippen LogP contribution is 2.57. The van der Waals surface area contributed by atoms with Gasteiger partial charge in [-0.25, -0.2) is 0 Å². The van der Waals surface area contributed by atoms with Crippen molar-refractivity contribution >= 4 is 257 Å². The molecule has 0 radical (unpaired) electrons. The molecule has 23 heteroatoms. The van der Waals surface area contributed by atoms with Gasteiger partial charge in [-0.3, -0.25) is 0 Å². The molecule has 17 rings (SSSR count). The molecular formula is C101H111BBr4O2S16. The average Bonchev–Trinajstić information content (AvgIpc) is 1.59. The molecule has 0 bridgehead atoms. The molecule has 0 aromatic carbocycles. The molecule has 0 spiro atoms. The number of hydrogen-bond acceptors (Lipinski definition) is 18. The first-order valence-corrected chi connectivity index (χ1v) is 59.8. The molecule has 1 aliphatic heterocycles. The monoisotopic (exact) mass is 2190 g/mol. The van der Waals surface area contributed by atoms with Gasteiger partial charge in [0.25, 0.3) is 0 Å². The lowest BCUT2D eigenvalue weighted by Crippen LogP contribution is -2.41. The van der Waals surface area contributed by atoms with Gasteiger partial charge < -0.3 is 9.31 Å². The van der Waals surface area contributed by atoms with Crippen LogP contribution in [0.1, 0.15) is 223 Å². The van der Waals surface area contributed by atoms with Crippen molar-refractivity contribution in [1.82, 2.24) is 0 Å². The van der Waals surface area contributed by atoms with Crippen molar-refractivity contribution in [3.8, 4) is 118 Å². The van der Waals surface area contributed by atoms with E-state index in [9.17, 15) is 0 Å². The summed E-state index contributed by atoms with van der Waals surface area (Å²) in [5.41, 5.74) is 2.17. The Kier molecular flexibility index (Phi) is 38.7. The zero-order chi connectivity index (χ0) is 85.8. The van der Waals surface area contributed by atoms with E-state index in [1.165, 1.54) is 303 Å². The quantitative estimate of drug-likeness (QED) is 0.0284. The topological polar surface area (TPSA) is 18.5 Å². The Bertz CT molecular complexity index is 5540. The van der Waals surface area contributed by atoms with E-state index in [1.807, 2.05) is 125 Å². The van der Waals surface area contributed by atoms with Gasteiger partial charge in [0.15, 0.2) is 0 Å². The lowest BCUT2D eigenvalue weighted by atomic mass is 9.88. The van der Waals surface area contributed by atoms with Gasteiger partial charge in [0.1, 0.15) is 0 Å². The largest absolute Gasteiger partial charge is 0.505 e. The van der Waals surface area contributed by atoms with E-state index in [0.717, 1.165) is 21.3 Å². The summed E-state index contributed by atoms with van der Waals surface area (Å²) in [7, 11) is -0.253. The predicted octanol–water partition coefficient (Wildman–Crippen LogP) is 42.3. The molecular weight excluding hydrogens is 2090 g/mol. The van der Waals surface area contributed by atoms with Crippen molar-refractivity contribution in [3.63, 3.8) is 0 Å². The predicted molar refractivity (Wildman–Crippen MR) is 590 cm³/mol. The highest BCUT2D eigenvalue weighted by molar-refractivity contribution is 9.12. The third-order valence-electron chi connectivity index (χ3n) is 21.9. The fourth-order valence-corrected chi connectivity index (χ4v) is 35.2. The molecule has 2 nitrogen and oxygen atoms in total. The maximum Gasteiger partial charge on any atom is 0.505 e. The maximum atomic E-state index is 6.17. The van der Waals surface area contributed by atoms with Crippen molar-refractivity contribution in [1.29, 1.82) is 0 Å². The van der Waals surface area contributed by atoms with E-state index in [4.69, 9.17) is 9.31 Å². The van der Waals surface area contributed by atoms with Crippen LogP contribution in [-0.4, -0.2) is 18.3 Å². The first-order chi connectivity index (χ1) is 59.8. The minimum Gasteiger partial charge on any atom is -0.399 e. The van der Waals surface area contributed by atoms with Crippen LogP contribution in [0.25, 0.3) is 118 Å². The van der Waals surface area contributed by atoms with Gasteiger partial charge in [-0.05, 0) is 318 Å². The minimum absolute atomic E-state index is 0. The SMILES string of the molecule is Brc1cc(Br)c(-c2sc(Br)cc2Br)s1.C.CCCCCCc1ccc(-c2ccc(-c3cc(-c4ccc(-c5ccc(CCCCCC)s5)s4)c(-c4sc(-c5ccc(-c6ccc(CCCCCC)s6)s5)cc4-c4ccc(-c5ccc(CCCCCC)s5)s4)s3)s2)s1.CCCCCCc1ccc(-c2ccc(B3OC(C)(C)C(C)(C)O3)s2)s1.c1csc(-c2cccs2)c1. The van der Waals surface area contributed by atoms with Crippen molar-refractivity contribution in [2.75, 3.05) is 0 Å². The highest BCUT2D eigenvalue weighted by atomic mass is 79.9. The van der Waals surface area contributed by atoms with Crippen LogP contribution in [0.3, 0.4) is 0 Å². The summed E-state index contributed by atoms with van der Waals surface area (Å²) in [6.07, 6.45) is 32.2. The molecule has 17 heterocycles. The number of halogens is 4. The third kappa shape index (κ3) is 26.6. The van der Waals surface area contributed by atoms with Crippen molar-refractivity contribution in [2.45, 2.75) is 241 Å². The first-order valence-electron chi connectivity index (χ1n) is 43.4. The molecule has 0 saturated carbocycles. The third-order valence-corrected chi connectivity index (χ3v) is 44.1. The van der Waals surface area contributed by atoms with Crippen molar-refractivity contribution in [2.24, 2.45) is 0 Å². The molecule has 16 aromatic rings. The van der Waals surface area contributed by atoms with Crippen LogP contribution in [0.5, 0.6) is 0 Å². The molecule has 1 aliphatic rings. The Morgan fingerprint density at radius 1 is 0.258 bits per heavy atom. The number of aryl methyl sites for hydroxylation is 5. The summed E-state index contributed by atoms with van der Waals surface area (Å²) in [5, 5.41) is 4.21. The van der Waals surface area contributed by atoms with E-state index < -0.39 is 0 Å². The molecule has 0 amide bonds. The highest BCUT2D eigenvalue weighted by Gasteiger charge is 2.52. The van der Waals surface area contributed by atoms with Gasteiger partial charge in [0.05, 0.1) is 38.3 Å². The van der Waals surface area contributed by atoms with Crippen LogP contribution in [0.15, 0.2) is 197 Å². The van der Waals surface area contributed by atoms with Crippen LogP contribution < -0.4 is 4.78 Å². The summed E-state index contributed by atoms with van der Waals surface area (Å²) >= 11 is 44.7. The minimum atomic E-state index is -0.281. The summed E-state index contributed by atoms with van der Waals surface area (Å²) in [6, 6.07) is 64.8. The fraction of sp³-hybridized carbons (Fsp3) is 0.366. The van der Waals surface area contributed by atoms with Gasteiger partial charge >= 0.3 is 7.12 Å². The number of hydrogen-bond donors (Lipinski definition) is 0. The number of thiophene rings is 16. The second kappa shape index (κ2) is 48.7. The van der Waals surface area contributed by atoms with Gasteiger partial charge in [-0.15, -0.1) is 181 Å². The molecule has 1 fully saturated rings. The Morgan fingerprint density at radius 2 is 0.524 bits per heavy atom. The Hall–Kier alpha value is -2.90. The zero-order valence-electron chi connectivity index (χ0n) is 71.4. The van der Waals surface area contributed by atoms with Gasteiger partial charge in [0.2, 0.25) is 0 Å². The Balaban J connectivity index is 0.000000210. The van der Waals surface area contributed by atoms with Gasteiger partial charge in [-0.1, -0.05) is 157 Å². The van der Waals surface area contributed by atoms with E-state index >= 15 is 0 Å². The van der Waals surface area contributed by atoms with Gasteiger partial charge in [-0.2, -0.15) is 0 Å². The molecule has 0 unspecified atom stereocenters. The summed E-state index contributed by atoms with van der Waals surface area (Å²) in [6.45, 7) is 19.9. The molecule has 0 atom stereocenters. The number of unbranched alkanes of at least 4 members (excludes halogenated alkanes) is 15. The van der Waals surface area contributed by atoms with Crippen LogP contribution >= 0.6 is 245 Å². The molecule has 0 N–H and O–H groups in total. The summed E-state index contributed by atoms with van der Waals surface area (Å²) < 4.78 is 18.0. The second-order valence-corrected chi connectivity index (χ2v) is 53.8. The van der Waals surface area contributed by atoms with Crippen LogP contribution in [0.2, 0.25) is 0 Å². The summed E-state index contributed by atoms with van der Waals surface area (Å²) in [5.74, 6) is 0. The van der Waals surface area contributed by atoms with Gasteiger partial charge in [0, 0.05) is 137 Å². The summed E-state index contributed by atoms with van der Waals surface area (Å²) in [4.78, 5) is 37.6. The lowest BCUT2D eigenvalue weighted by Gasteiger charge is -2.32. The maximum absolute atomic E-state index is 6.17. The smallest absolute Gasteiger partial charge is 0.399 e. The fourth-order valence-electron chi connectivity index (χ4n) is 14.4. The van der Waals surface area contributed by atoms with Crippen LogP contribution in [0, 0.1) is 0 Å². The normalized spacial score (nSPS) is 12.9. The van der Waals surface area contributed by atoms with Crippen molar-refractivity contribution < 1.29 is 9.31 Å². The Labute approximate surface area is 837 Å². The molecule has 654 valence electrons. The van der Waals surface area contributed by atoms with E-state index in [2.05, 4.69) is 307 Å².